The van der Waals surface area contributed by atoms with E-state index < -0.39 is 6.10 Å². The fourth-order valence-corrected chi connectivity index (χ4v) is 1.36. The number of rotatable bonds is 10. The van der Waals surface area contributed by atoms with Crippen molar-refractivity contribution in [2.45, 2.75) is 46.1 Å². The molecular weight excluding hydrogens is 220 g/mol. The van der Waals surface area contributed by atoms with Crippen LogP contribution in [0.15, 0.2) is 0 Å². The predicted octanol–water partition coefficient (Wildman–Crippen LogP) is 2.41. The Labute approximate surface area is 105 Å². The standard InChI is InChI=1S/C13H26O4/c1-5-6-7-12(13(14)15-4)17-9-8-16-10-11(2)3/h11-12H,5-10H2,1-4H3. The highest BCUT2D eigenvalue weighted by atomic mass is 16.6. The van der Waals surface area contributed by atoms with Crippen LogP contribution in [0.4, 0.5) is 0 Å². The fourth-order valence-electron chi connectivity index (χ4n) is 1.36. The zero-order valence-electron chi connectivity index (χ0n) is 11.5. The maximum Gasteiger partial charge on any atom is 0.334 e. The number of ether oxygens (including phenoxy) is 3. The Hall–Kier alpha value is -0.610. The maximum atomic E-state index is 11.4. The molecule has 4 nitrogen and oxygen atoms in total. The van der Waals surface area contributed by atoms with Crippen LogP contribution in [0.2, 0.25) is 0 Å². The lowest BCUT2D eigenvalue weighted by molar-refractivity contribution is -0.155. The van der Waals surface area contributed by atoms with Crippen molar-refractivity contribution >= 4 is 5.97 Å². The molecule has 0 aromatic rings. The van der Waals surface area contributed by atoms with Gasteiger partial charge in [-0.25, -0.2) is 4.79 Å². The number of carbonyl (C=O) groups excluding carboxylic acids is 1. The molecule has 0 aliphatic heterocycles. The SMILES string of the molecule is CCCCC(OCCOCC(C)C)C(=O)OC. The summed E-state index contributed by atoms with van der Waals surface area (Å²) in [6.07, 6.45) is 2.28. The highest BCUT2D eigenvalue weighted by molar-refractivity contribution is 5.74. The largest absolute Gasteiger partial charge is 0.467 e. The zero-order valence-corrected chi connectivity index (χ0v) is 11.5. The normalized spacial score (nSPS) is 12.8. The van der Waals surface area contributed by atoms with Gasteiger partial charge in [0, 0.05) is 6.61 Å². The van der Waals surface area contributed by atoms with Gasteiger partial charge >= 0.3 is 5.97 Å². The van der Waals surface area contributed by atoms with Crippen molar-refractivity contribution in [3.05, 3.63) is 0 Å². The summed E-state index contributed by atoms with van der Waals surface area (Å²) >= 11 is 0. The summed E-state index contributed by atoms with van der Waals surface area (Å²) in [6, 6.07) is 0. The van der Waals surface area contributed by atoms with Crippen molar-refractivity contribution < 1.29 is 19.0 Å². The summed E-state index contributed by atoms with van der Waals surface area (Å²) < 4.78 is 15.6. The molecule has 17 heavy (non-hydrogen) atoms. The third kappa shape index (κ3) is 9.12. The van der Waals surface area contributed by atoms with Crippen molar-refractivity contribution in [1.82, 2.24) is 0 Å². The lowest BCUT2D eigenvalue weighted by Crippen LogP contribution is -2.27. The van der Waals surface area contributed by atoms with Crippen LogP contribution in [0.5, 0.6) is 0 Å². The lowest BCUT2D eigenvalue weighted by atomic mass is 10.1. The molecule has 0 aliphatic carbocycles. The second-order valence-electron chi connectivity index (χ2n) is 4.49. The lowest BCUT2D eigenvalue weighted by Gasteiger charge is -2.15. The first-order valence-corrected chi connectivity index (χ1v) is 6.39. The van der Waals surface area contributed by atoms with Gasteiger partial charge in [-0.3, -0.25) is 0 Å². The monoisotopic (exact) mass is 246 g/mol. The van der Waals surface area contributed by atoms with Crippen molar-refractivity contribution in [2.75, 3.05) is 26.9 Å². The molecule has 0 saturated heterocycles. The first kappa shape index (κ1) is 16.4. The Balaban J connectivity index is 3.71. The van der Waals surface area contributed by atoms with E-state index in [9.17, 15) is 4.79 Å². The van der Waals surface area contributed by atoms with E-state index in [4.69, 9.17) is 14.2 Å². The number of unbranched alkanes of at least 4 members (excludes halogenated alkanes) is 1. The Morgan fingerprint density at radius 3 is 2.47 bits per heavy atom. The molecule has 0 amide bonds. The third-order valence-corrected chi connectivity index (χ3v) is 2.28. The minimum atomic E-state index is -0.442. The second kappa shape index (κ2) is 10.5. The van der Waals surface area contributed by atoms with Crippen LogP contribution in [0.25, 0.3) is 0 Å². The van der Waals surface area contributed by atoms with Gasteiger partial charge in [0.15, 0.2) is 6.10 Å². The number of esters is 1. The molecular formula is C13H26O4. The van der Waals surface area contributed by atoms with Gasteiger partial charge in [0.1, 0.15) is 0 Å². The highest BCUT2D eigenvalue weighted by Gasteiger charge is 2.18. The summed E-state index contributed by atoms with van der Waals surface area (Å²) in [7, 11) is 1.39. The summed E-state index contributed by atoms with van der Waals surface area (Å²) in [4.78, 5) is 11.4. The van der Waals surface area contributed by atoms with Crippen molar-refractivity contribution in [1.29, 1.82) is 0 Å². The summed E-state index contributed by atoms with van der Waals surface area (Å²) in [5, 5.41) is 0. The van der Waals surface area contributed by atoms with Gasteiger partial charge in [0.25, 0.3) is 0 Å². The molecule has 0 radical (unpaired) electrons. The van der Waals surface area contributed by atoms with Crippen LogP contribution >= 0.6 is 0 Å². The van der Waals surface area contributed by atoms with E-state index in [1.54, 1.807) is 0 Å². The molecule has 4 heteroatoms. The molecule has 0 rings (SSSR count). The molecule has 0 saturated carbocycles. The average molecular weight is 246 g/mol. The highest BCUT2D eigenvalue weighted by Crippen LogP contribution is 2.06. The summed E-state index contributed by atoms with van der Waals surface area (Å²) in [5.41, 5.74) is 0. The van der Waals surface area contributed by atoms with Gasteiger partial charge in [-0.1, -0.05) is 33.6 Å². The van der Waals surface area contributed by atoms with Crippen LogP contribution in [-0.2, 0) is 19.0 Å². The average Bonchev–Trinajstić information content (AvgIpc) is 2.31. The number of methoxy groups -OCH3 is 1. The van der Waals surface area contributed by atoms with Gasteiger partial charge < -0.3 is 14.2 Å². The number of hydrogen-bond donors (Lipinski definition) is 0. The third-order valence-electron chi connectivity index (χ3n) is 2.28. The van der Waals surface area contributed by atoms with Gasteiger partial charge in [0.2, 0.25) is 0 Å². The first-order chi connectivity index (χ1) is 8.11. The minimum Gasteiger partial charge on any atom is -0.467 e. The molecule has 1 atom stereocenters. The predicted molar refractivity (Wildman–Crippen MR) is 66.9 cm³/mol. The molecule has 0 aromatic carbocycles. The zero-order chi connectivity index (χ0) is 13.1. The topological polar surface area (TPSA) is 44.8 Å². The van der Waals surface area contributed by atoms with E-state index in [2.05, 4.69) is 20.8 Å². The summed E-state index contributed by atoms with van der Waals surface area (Å²) in [5.74, 6) is 0.230. The molecule has 0 aromatic heterocycles. The molecule has 0 spiro atoms. The summed E-state index contributed by atoms with van der Waals surface area (Å²) in [6.45, 7) is 7.97. The van der Waals surface area contributed by atoms with E-state index in [-0.39, 0.29) is 5.97 Å². The molecule has 0 bridgehead atoms. The van der Waals surface area contributed by atoms with Crippen molar-refractivity contribution in [3.63, 3.8) is 0 Å². The van der Waals surface area contributed by atoms with Crippen molar-refractivity contribution in [2.24, 2.45) is 5.92 Å². The molecule has 102 valence electrons. The maximum absolute atomic E-state index is 11.4. The van der Waals surface area contributed by atoms with Crippen LogP contribution in [0.3, 0.4) is 0 Å². The van der Waals surface area contributed by atoms with Crippen LogP contribution in [0.1, 0.15) is 40.0 Å². The number of carbonyl (C=O) groups is 1. The fraction of sp³-hybridized carbons (Fsp3) is 0.923. The minimum absolute atomic E-state index is 0.290. The molecule has 0 heterocycles. The smallest absolute Gasteiger partial charge is 0.334 e. The molecule has 0 N–H and O–H groups in total. The van der Waals surface area contributed by atoms with E-state index in [0.717, 1.165) is 19.4 Å². The first-order valence-electron chi connectivity index (χ1n) is 6.39. The van der Waals surface area contributed by atoms with Gasteiger partial charge in [0.05, 0.1) is 20.3 Å². The van der Waals surface area contributed by atoms with Crippen LogP contribution < -0.4 is 0 Å². The Morgan fingerprint density at radius 1 is 1.24 bits per heavy atom. The van der Waals surface area contributed by atoms with E-state index in [1.807, 2.05) is 0 Å². The molecule has 0 fully saturated rings. The quantitative estimate of drug-likeness (QED) is 0.438. The molecule has 1 unspecified atom stereocenters. The van der Waals surface area contributed by atoms with E-state index in [1.165, 1.54) is 7.11 Å². The van der Waals surface area contributed by atoms with E-state index >= 15 is 0 Å². The van der Waals surface area contributed by atoms with E-state index in [0.29, 0.717) is 25.6 Å². The van der Waals surface area contributed by atoms with Gasteiger partial charge in [-0.2, -0.15) is 0 Å². The Bertz CT molecular complexity index is 192. The van der Waals surface area contributed by atoms with Gasteiger partial charge in [-0.15, -0.1) is 0 Å². The van der Waals surface area contributed by atoms with Gasteiger partial charge in [-0.05, 0) is 12.3 Å². The Morgan fingerprint density at radius 2 is 1.94 bits per heavy atom. The van der Waals surface area contributed by atoms with Crippen molar-refractivity contribution in [3.8, 4) is 0 Å². The van der Waals surface area contributed by atoms with Crippen LogP contribution in [0, 0.1) is 5.92 Å². The number of hydrogen-bond acceptors (Lipinski definition) is 4. The van der Waals surface area contributed by atoms with Crippen LogP contribution in [-0.4, -0.2) is 39.0 Å². The Kier molecular flexibility index (Phi) is 10.2. The molecule has 0 aliphatic rings. The second-order valence-corrected chi connectivity index (χ2v) is 4.49.